The molecule has 0 saturated carbocycles. The Hall–Kier alpha value is -3.52. The van der Waals surface area contributed by atoms with Crippen molar-refractivity contribution >= 4 is 23.6 Å². The van der Waals surface area contributed by atoms with Crippen LogP contribution in [0.25, 0.3) is 6.08 Å². The lowest BCUT2D eigenvalue weighted by molar-refractivity contribution is -0.384. The maximum Gasteiger partial charge on any atom is 0.270 e. The molecule has 0 bridgehead atoms. The van der Waals surface area contributed by atoms with Gasteiger partial charge >= 0.3 is 0 Å². The van der Waals surface area contributed by atoms with Gasteiger partial charge in [0.25, 0.3) is 17.5 Å². The van der Waals surface area contributed by atoms with Gasteiger partial charge < -0.3 is 15.7 Å². The number of carbonyl (C=O) groups excluding carboxylic acids is 2. The van der Waals surface area contributed by atoms with Crippen molar-refractivity contribution in [2.75, 3.05) is 13.2 Å². The fourth-order valence-electron chi connectivity index (χ4n) is 2.63. The number of nitro groups is 1. The highest BCUT2D eigenvalue weighted by atomic mass is 16.6. The number of nitrogens with one attached hydrogen (secondary N) is 2. The first-order chi connectivity index (χ1) is 14.1. The summed E-state index contributed by atoms with van der Waals surface area (Å²) in [5.74, 6) is -1.11. The summed E-state index contributed by atoms with van der Waals surface area (Å²) in [6.45, 7) is 5.92. The molecule has 0 aliphatic heterocycles. The van der Waals surface area contributed by atoms with Crippen molar-refractivity contribution in [3.8, 4) is 0 Å². The standard InChI is InChI=1S/C22H25N3O5/c1-22(2,3)17-9-7-16(8-10-17)20(27)24-19(21(28)23-11-12-26)14-15-5-4-6-18(13-15)25(29)30/h4-10,13-14,26H,11-12H2,1-3H3,(H,23,28)(H,24,27)/b19-14-. The third-order valence-corrected chi connectivity index (χ3v) is 4.30. The summed E-state index contributed by atoms with van der Waals surface area (Å²) in [7, 11) is 0. The number of aliphatic hydroxyl groups is 1. The molecule has 30 heavy (non-hydrogen) atoms. The minimum atomic E-state index is -0.616. The largest absolute Gasteiger partial charge is 0.395 e. The first kappa shape index (κ1) is 22.8. The van der Waals surface area contributed by atoms with Crippen molar-refractivity contribution in [2.24, 2.45) is 0 Å². The number of hydrogen-bond donors (Lipinski definition) is 3. The molecule has 2 amide bonds. The van der Waals surface area contributed by atoms with Gasteiger partial charge in [-0.15, -0.1) is 0 Å². The quantitative estimate of drug-likeness (QED) is 0.367. The highest BCUT2D eigenvalue weighted by Gasteiger charge is 2.17. The summed E-state index contributed by atoms with van der Waals surface area (Å²) < 4.78 is 0. The van der Waals surface area contributed by atoms with Crippen LogP contribution in [-0.4, -0.2) is 35.0 Å². The van der Waals surface area contributed by atoms with E-state index in [0.29, 0.717) is 11.1 Å². The van der Waals surface area contributed by atoms with Crippen LogP contribution in [0.15, 0.2) is 54.2 Å². The third kappa shape index (κ3) is 6.25. The molecule has 2 aromatic carbocycles. The van der Waals surface area contributed by atoms with Crippen LogP contribution >= 0.6 is 0 Å². The zero-order valence-corrected chi connectivity index (χ0v) is 17.1. The van der Waals surface area contributed by atoms with Gasteiger partial charge in [-0.2, -0.15) is 0 Å². The molecule has 0 spiro atoms. The normalized spacial score (nSPS) is 11.7. The van der Waals surface area contributed by atoms with E-state index in [4.69, 9.17) is 5.11 Å². The fourth-order valence-corrected chi connectivity index (χ4v) is 2.63. The molecular weight excluding hydrogens is 386 g/mol. The first-order valence-electron chi connectivity index (χ1n) is 9.39. The zero-order valence-electron chi connectivity index (χ0n) is 17.1. The highest BCUT2D eigenvalue weighted by molar-refractivity contribution is 6.05. The van der Waals surface area contributed by atoms with Crippen LogP contribution in [0.5, 0.6) is 0 Å². The van der Waals surface area contributed by atoms with Gasteiger partial charge in [-0.25, -0.2) is 0 Å². The van der Waals surface area contributed by atoms with Crippen LogP contribution in [0.4, 0.5) is 5.69 Å². The molecule has 2 rings (SSSR count). The molecule has 0 radical (unpaired) electrons. The Kier molecular flexibility index (Phi) is 7.43. The number of non-ortho nitro benzene ring substituents is 1. The van der Waals surface area contributed by atoms with Crippen molar-refractivity contribution in [3.63, 3.8) is 0 Å². The average molecular weight is 411 g/mol. The first-order valence-corrected chi connectivity index (χ1v) is 9.39. The van der Waals surface area contributed by atoms with Crippen LogP contribution in [0, 0.1) is 10.1 Å². The molecular formula is C22H25N3O5. The Bertz CT molecular complexity index is 959. The van der Waals surface area contributed by atoms with Crippen molar-refractivity contribution in [1.82, 2.24) is 10.6 Å². The monoisotopic (exact) mass is 411 g/mol. The van der Waals surface area contributed by atoms with Gasteiger partial charge in [-0.1, -0.05) is 45.0 Å². The minimum absolute atomic E-state index is 0.00125. The van der Waals surface area contributed by atoms with Gasteiger partial charge in [0.1, 0.15) is 5.70 Å². The Labute approximate surface area is 174 Å². The summed E-state index contributed by atoms with van der Waals surface area (Å²) >= 11 is 0. The van der Waals surface area contributed by atoms with Crippen LogP contribution in [0.2, 0.25) is 0 Å². The van der Waals surface area contributed by atoms with Crippen molar-refractivity contribution in [1.29, 1.82) is 0 Å². The van der Waals surface area contributed by atoms with Crippen molar-refractivity contribution in [2.45, 2.75) is 26.2 Å². The highest BCUT2D eigenvalue weighted by Crippen LogP contribution is 2.22. The predicted octanol–water partition coefficient (Wildman–Crippen LogP) is 2.77. The van der Waals surface area contributed by atoms with Crippen LogP contribution in [-0.2, 0) is 10.2 Å². The lowest BCUT2D eigenvalue weighted by Gasteiger charge is -2.19. The molecule has 0 heterocycles. The Balaban J connectivity index is 2.31. The second kappa shape index (κ2) is 9.80. The maximum atomic E-state index is 12.7. The molecule has 2 aromatic rings. The lowest BCUT2D eigenvalue weighted by Crippen LogP contribution is -2.36. The molecule has 0 aliphatic rings. The maximum absolute atomic E-state index is 12.7. The summed E-state index contributed by atoms with van der Waals surface area (Å²) in [6.07, 6.45) is 1.35. The molecule has 0 fully saturated rings. The van der Waals surface area contributed by atoms with E-state index in [1.165, 1.54) is 24.3 Å². The topological polar surface area (TPSA) is 122 Å². The van der Waals surface area contributed by atoms with E-state index >= 15 is 0 Å². The average Bonchev–Trinajstić information content (AvgIpc) is 2.71. The van der Waals surface area contributed by atoms with Crippen LogP contribution < -0.4 is 10.6 Å². The van der Waals surface area contributed by atoms with E-state index in [9.17, 15) is 19.7 Å². The Morgan fingerprint density at radius 2 is 1.80 bits per heavy atom. The Morgan fingerprint density at radius 1 is 1.13 bits per heavy atom. The van der Waals surface area contributed by atoms with E-state index in [1.807, 2.05) is 12.1 Å². The molecule has 8 heteroatoms. The second-order valence-corrected chi connectivity index (χ2v) is 7.67. The van der Waals surface area contributed by atoms with Gasteiger partial charge in [-0.3, -0.25) is 19.7 Å². The van der Waals surface area contributed by atoms with Crippen molar-refractivity contribution in [3.05, 3.63) is 81.0 Å². The van der Waals surface area contributed by atoms with Crippen LogP contribution in [0.3, 0.4) is 0 Å². The minimum Gasteiger partial charge on any atom is -0.395 e. The number of nitro benzene ring substituents is 1. The lowest BCUT2D eigenvalue weighted by atomic mass is 9.87. The van der Waals surface area contributed by atoms with Gasteiger partial charge in [0, 0.05) is 24.2 Å². The van der Waals surface area contributed by atoms with Gasteiger partial charge in [0.05, 0.1) is 11.5 Å². The zero-order chi connectivity index (χ0) is 22.3. The molecule has 0 aromatic heterocycles. The van der Waals surface area contributed by atoms with Gasteiger partial charge in [-0.05, 0) is 34.8 Å². The van der Waals surface area contributed by atoms with Gasteiger partial charge in [0.15, 0.2) is 0 Å². The van der Waals surface area contributed by atoms with E-state index in [2.05, 4.69) is 31.4 Å². The number of rotatable bonds is 7. The molecule has 3 N–H and O–H groups in total. The number of hydrogen-bond acceptors (Lipinski definition) is 5. The van der Waals surface area contributed by atoms with Crippen LogP contribution in [0.1, 0.15) is 42.3 Å². The SMILES string of the molecule is CC(C)(C)c1ccc(C(=O)N/C(=C\c2cccc([N+](=O)[O-])c2)C(=O)NCCO)cc1. The molecule has 8 nitrogen and oxygen atoms in total. The predicted molar refractivity (Wildman–Crippen MR) is 114 cm³/mol. The van der Waals surface area contributed by atoms with E-state index in [0.717, 1.165) is 5.56 Å². The third-order valence-electron chi connectivity index (χ3n) is 4.30. The number of nitrogens with zero attached hydrogens (tertiary/aromatic N) is 1. The summed E-state index contributed by atoms with van der Waals surface area (Å²) in [4.78, 5) is 35.5. The molecule has 158 valence electrons. The summed E-state index contributed by atoms with van der Waals surface area (Å²) in [5, 5.41) is 24.9. The molecule has 0 aliphatic carbocycles. The summed E-state index contributed by atoms with van der Waals surface area (Å²) in [6, 6.07) is 12.7. The van der Waals surface area contributed by atoms with Crippen molar-refractivity contribution < 1.29 is 19.6 Å². The Morgan fingerprint density at radius 3 is 2.37 bits per heavy atom. The number of aliphatic hydroxyl groups excluding tert-OH is 1. The fraction of sp³-hybridized carbons (Fsp3) is 0.273. The van der Waals surface area contributed by atoms with E-state index in [1.54, 1.807) is 18.2 Å². The van der Waals surface area contributed by atoms with Gasteiger partial charge in [0.2, 0.25) is 0 Å². The second-order valence-electron chi connectivity index (χ2n) is 7.67. The van der Waals surface area contributed by atoms with E-state index < -0.39 is 16.7 Å². The number of carbonyl (C=O) groups is 2. The molecule has 0 unspecified atom stereocenters. The molecule has 0 saturated heterocycles. The molecule has 0 atom stereocenters. The number of amides is 2. The summed E-state index contributed by atoms with van der Waals surface area (Å²) in [5.41, 5.74) is 1.51. The van der Waals surface area contributed by atoms with E-state index in [-0.39, 0.29) is 30.0 Å². The smallest absolute Gasteiger partial charge is 0.270 e. The number of benzene rings is 2.